The van der Waals surface area contributed by atoms with Crippen molar-refractivity contribution in [3.63, 3.8) is 0 Å². The van der Waals surface area contributed by atoms with E-state index < -0.39 is 6.10 Å². The summed E-state index contributed by atoms with van der Waals surface area (Å²) in [5.74, 6) is 0. The van der Waals surface area contributed by atoms with Crippen LogP contribution < -0.4 is 0 Å². The zero-order valence-electron chi connectivity index (χ0n) is 8.70. The van der Waals surface area contributed by atoms with Crippen LogP contribution in [0.15, 0.2) is 23.1 Å². The van der Waals surface area contributed by atoms with Gasteiger partial charge in [-0.15, -0.1) is 12.6 Å². The number of hydrogen-bond donors (Lipinski definition) is 2. The van der Waals surface area contributed by atoms with Gasteiger partial charge in [0.2, 0.25) is 0 Å². The fourth-order valence-corrected chi connectivity index (χ4v) is 1.84. The molecule has 0 heterocycles. The molecule has 0 fully saturated rings. The van der Waals surface area contributed by atoms with Crippen molar-refractivity contribution in [2.24, 2.45) is 10.8 Å². The van der Waals surface area contributed by atoms with Crippen molar-refractivity contribution in [1.82, 2.24) is 0 Å². The summed E-state index contributed by atoms with van der Waals surface area (Å²) < 4.78 is 0. The van der Waals surface area contributed by atoms with E-state index in [2.05, 4.69) is 40.3 Å². The van der Waals surface area contributed by atoms with Crippen molar-refractivity contribution < 1.29 is 5.11 Å². The first-order valence-electron chi connectivity index (χ1n) is 4.55. The lowest BCUT2D eigenvalue weighted by atomic mass is 9.63. The molecule has 2 atom stereocenters. The Bertz CT molecular complexity index is 260. The van der Waals surface area contributed by atoms with Crippen molar-refractivity contribution in [2.75, 3.05) is 0 Å². The Morgan fingerprint density at radius 3 is 2.38 bits per heavy atom. The van der Waals surface area contributed by atoms with Crippen molar-refractivity contribution in [2.45, 2.75) is 33.8 Å². The van der Waals surface area contributed by atoms with E-state index in [-0.39, 0.29) is 10.8 Å². The highest BCUT2D eigenvalue weighted by molar-refractivity contribution is 7.84. The summed E-state index contributed by atoms with van der Waals surface area (Å²) >= 11 is 4.31. The fraction of sp³-hybridized carbons (Fsp3) is 0.636. The summed E-state index contributed by atoms with van der Waals surface area (Å²) in [7, 11) is 0. The first kappa shape index (κ1) is 10.9. The molecule has 0 aromatic heterocycles. The topological polar surface area (TPSA) is 20.2 Å². The maximum Gasteiger partial charge on any atom is 0.0817 e. The monoisotopic (exact) mass is 198 g/mol. The van der Waals surface area contributed by atoms with Crippen molar-refractivity contribution in [3.8, 4) is 0 Å². The van der Waals surface area contributed by atoms with Gasteiger partial charge < -0.3 is 5.11 Å². The van der Waals surface area contributed by atoms with Crippen LogP contribution in [0, 0.1) is 10.8 Å². The molecule has 1 nitrogen and oxygen atoms in total. The maximum atomic E-state index is 9.92. The van der Waals surface area contributed by atoms with Gasteiger partial charge in [0.1, 0.15) is 0 Å². The largest absolute Gasteiger partial charge is 0.388 e. The van der Waals surface area contributed by atoms with Gasteiger partial charge in [0.05, 0.1) is 6.10 Å². The van der Waals surface area contributed by atoms with Crippen LogP contribution in [0.3, 0.4) is 0 Å². The second-order valence-corrected chi connectivity index (χ2v) is 5.42. The minimum Gasteiger partial charge on any atom is -0.388 e. The van der Waals surface area contributed by atoms with Crippen molar-refractivity contribution in [3.05, 3.63) is 23.1 Å². The molecule has 0 spiro atoms. The third-order valence-electron chi connectivity index (χ3n) is 3.13. The number of aliphatic hydroxyl groups excluding tert-OH is 1. The molecule has 1 aliphatic carbocycles. The van der Waals surface area contributed by atoms with Gasteiger partial charge in [-0.25, -0.2) is 0 Å². The quantitative estimate of drug-likeness (QED) is 0.573. The lowest BCUT2D eigenvalue weighted by Crippen LogP contribution is -2.42. The van der Waals surface area contributed by atoms with E-state index in [0.717, 1.165) is 4.91 Å². The molecular formula is C11H18OS. The van der Waals surface area contributed by atoms with E-state index in [1.807, 2.05) is 18.2 Å². The van der Waals surface area contributed by atoms with Crippen molar-refractivity contribution >= 4 is 12.6 Å². The first-order valence-corrected chi connectivity index (χ1v) is 5.00. The Labute approximate surface area is 86.0 Å². The van der Waals surface area contributed by atoms with Gasteiger partial charge in [-0.05, 0) is 5.41 Å². The molecule has 0 saturated heterocycles. The van der Waals surface area contributed by atoms with Gasteiger partial charge in [-0.2, -0.15) is 0 Å². The highest BCUT2D eigenvalue weighted by Gasteiger charge is 2.41. The van der Waals surface area contributed by atoms with Crippen LogP contribution in [0.5, 0.6) is 0 Å². The van der Waals surface area contributed by atoms with Gasteiger partial charge in [0, 0.05) is 10.3 Å². The lowest BCUT2D eigenvalue weighted by molar-refractivity contribution is 0.0250. The molecule has 1 rings (SSSR count). The van der Waals surface area contributed by atoms with Gasteiger partial charge in [0.25, 0.3) is 0 Å². The van der Waals surface area contributed by atoms with Crippen LogP contribution >= 0.6 is 12.6 Å². The van der Waals surface area contributed by atoms with E-state index in [1.165, 1.54) is 0 Å². The van der Waals surface area contributed by atoms with Crippen LogP contribution in [0.2, 0.25) is 0 Å². The number of hydrogen-bond acceptors (Lipinski definition) is 2. The maximum absolute atomic E-state index is 9.92. The predicted octanol–water partition coefficient (Wildman–Crippen LogP) is 2.78. The average Bonchev–Trinajstić information content (AvgIpc) is 1.95. The number of allylic oxidation sites excluding steroid dienone is 1. The molecule has 1 N–H and O–H groups in total. The number of thiol groups is 1. The second kappa shape index (κ2) is 3.18. The van der Waals surface area contributed by atoms with Crippen LogP contribution in [0.4, 0.5) is 0 Å². The smallest absolute Gasteiger partial charge is 0.0817 e. The molecule has 2 unspecified atom stereocenters. The Morgan fingerprint density at radius 1 is 1.46 bits per heavy atom. The van der Waals surface area contributed by atoms with Gasteiger partial charge in [-0.1, -0.05) is 45.9 Å². The van der Waals surface area contributed by atoms with E-state index in [1.54, 1.807) is 0 Å². The summed E-state index contributed by atoms with van der Waals surface area (Å²) in [5, 5.41) is 9.92. The second-order valence-electron chi connectivity index (χ2n) is 4.91. The SMILES string of the molecule is CC(C)(C)C1(C)C=C(S)C=CC1O. The number of rotatable bonds is 0. The summed E-state index contributed by atoms with van der Waals surface area (Å²) in [6.07, 6.45) is 5.29. The van der Waals surface area contributed by atoms with Crippen molar-refractivity contribution in [1.29, 1.82) is 0 Å². The summed E-state index contributed by atoms with van der Waals surface area (Å²) in [6, 6.07) is 0. The zero-order valence-corrected chi connectivity index (χ0v) is 9.60. The Hall–Kier alpha value is -0.210. The lowest BCUT2D eigenvalue weighted by Gasteiger charge is -2.44. The van der Waals surface area contributed by atoms with Gasteiger partial charge in [-0.3, -0.25) is 0 Å². The molecule has 0 aromatic carbocycles. The number of aliphatic hydroxyl groups is 1. The van der Waals surface area contributed by atoms with Crippen LogP contribution in [-0.2, 0) is 0 Å². The molecule has 0 amide bonds. The Morgan fingerprint density at radius 2 is 2.00 bits per heavy atom. The van der Waals surface area contributed by atoms with Gasteiger partial charge >= 0.3 is 0 Å². The first-order chi connectivity index (χ1) is 5.77. The molecule has 0 saturated carbocycles. The Kier molecular flexibility index (Phi) is 2.65. The summed E-state index contributed by atoms with van der Waals surface area (Å²) in [4.78, 5) is 0.933. The fourth-order valence-electron chi connectivity index (χ4n) is 1.49. The minimum absolute atomic E-state index is 0.0329. The standard InChI is InChI=1S/C11H18OS/c1-10(2,3)11(4)7-8(13)5-6-9(11)12/h5-7,9,12-13H,1-4H3. The molecule has 0 aromatic rings. The highest BCUT2D eigenvalue weighted by atomic mass is 32.1. The van der Waals surface area contributed by atoms with Crippen LogP contribution in [0.25, 0.3) is 0 Å². The average molecular weight is 198 g/mol. The third-order valence-corrected chi connectivity index (χ3v) is 3.41. The minimum atomic E-state index is -0.414. The molecule has 2 heteroatoms. The molecule has 13 heavy (non-hydrogen) atoms. The molecule has 0 aliphatic heterocycles. The van der Waals surface area contributed by atoms with Crippen LogP contribution in [0.1, 0.15) is 27.7 Å². The van der Waals surface area contributed by atoms with E-state index in [4.69, 9.17) is 0 Å². The van der Waals surface area contributed by atoms with Gasteiger partial charge in [0.15, 0.2) is 0 Å². The normalized spacial score (nSPS) is 34.6. The molecule has 0 radical (unpaired) electrons. The van der Waals surface area contributed by atoms with E-state index in [0.29, 0.717) is 0 Å². The molecule has 1 aliphatic rings. The molecular weight excluding hydrogens is 180 g/mol. The molecule has 74 valence electrons. The highest BCUT2D eigenvalue weighted by Crippen LogP contribution is 2.45. The van der Waals surface area contributed by atoms with E-state index >= 15 is 0 Å². The summed E-state index contributed by atoms with van der Waals surface area (Å²) in [6.45, 7) is 8.46. The molecule has 0 bridgehead atoms. The zero-order chi connectivity index (χ0) is 10.3. The van der Waals surface area contributed by atoms with E-state index in [9.17, 15) is 5.11 Å². The third kappa shape index (κ3) is 1.84. The predicted molar refractivity (Wildman–Crippen MR) is 59.8 cm³/mol. The van der Waals surface area contributed by atoms with Crippen LogP contribution in [-0.4, -0.2) is 11.2 Å². The Balaban J connectivity index is 3.09. The summed E-state index contributed by atoms with van der Waals surface area (Å²) in [5.41, 5.74) is -0.190.